The summed E-state index contributed by atoms with van der Waals surface area (Å²) in [6, 6.07) is 0. The van der Waals surface area contributed by atoms with Crippen LogP contribution in [0.1, 0.15) is 0 Å². The van der Waals surface area contributed by atoms with Gasteiger partial charge in [-0.3, -0.25) is 0 Å². The van der Waals surface area contributed by atoms with Gasteiger partial charge in [0.15, 0.2) is 10.1 Å². The Morgan fingerprint density at radius 3 is 1.82 bits per heavy atom. The number of ether oxygens (including phenoxy) is 3. The number of halogens is 8. The molecule has 1 unspecified atom stereocenters. The van der Waals surface area contributed by atoms with Crippen LogP contribution in [0, 0.1) is 0 Å². The average Bonchev–Trinajstić information content (AvgIpc) is 2.47. The van der Waals surface area contributed by atoms with Gasteiger partial charge in [-0.25, -0.2) is 18.0 Å². The van der Waals surface area contributed by atoms with Crippen LogP contribution < -0.4 is 0 Å². The van der Waals surface area contributed by atoms with Gasteiger partial charge in [-0.1, -0.05) is 13.2 Å². The highest BCUT2D eigenvalue weighted by Crippen LogP contribution is 2.39. The molecule has 0 aromatic rings. The quantitative estimate of drug-likeness (QED) is 0.137. The van der Waals surface area contributed by atoms with Crippen molar-refractivity contribution < 1.29 is 71.9 Å². The first-order valence-corrected chi connectivity index (χ1v) is 7.49. The highest BCUT2D eigenvalue weighted by Gasteiger charge is 2.69. The lowest BCUT2D eigenvalue weighted by Gasteiger charge is -2.33. The van der Waals surface area contributed by atoms with E-state index >= 15 is 0 Å². The van der Waals surface area contributed by atoms with Crippen LogP contribution >= 0.6 is 0 Å². The van der Waals surface area contributed by atoms with Gasteiger partial charge in [0, 0.05) is 0 Å². The summed E-state index contributed by atoms with van der Waals surface area (Å²) >= 11 is 0. The van der Waals surface area contributed by atoms with Gasteiger partial charge in [-0.05, 0) is 0 Å². The van der Waals surface area contributed by atoms with Gasteiger partial charge < -0.3 is 18.8 Å². The summed E-state index contributed by atoms with van der Waals surface area (Å²) in [5.74, 6) is -11.3. The van der Waals surface area contributed by atoms with Gasteiger partial charge in [-0.2, -0.15) is 35.1 Å². The summed E-state index contributed by atoms with van der Waals surface area (Å²) in [4.78, 5) is 22.7. The Hall–Kier alpha value is -2.27. The summed E-state index contributed by atoms with van der Waals surface area (Å²) in [6.45, 7) is 1.60. The third kappa shape index (κ3) is 5.61. The Morgan fingerprint density at radius 2 is 1.50 bits per heavy atom. The summed E-state index contributed by atoms with van der Waals surface area (Å²) in [7, 11) is -6.66. The van der Waals surface area contributed by atoms with Crippen molar-refractivity contribution in [1.29, 1.82) is 0 Å². The highest BCUT2D eigenvalue weighted by atomic mass is 32.2. The third-order valence-electron chi connectivity index (χ3n) is 2.47. The largest absolute Gasteiger partial charge is 0.743 e. The molecule has 1 atom stereocenters. The van der Waals surface area contributed by atoms with Crippen molar-refractivity contribution in [2.75, 3.05) is 6.61 Å². The second kappa shape index (κ2) is 8.00. The Morgan fingerprint density at radius 1 is 1.04 bits per heavy atom. The molecule has 0 saturated heterocycles. The molecule has 0 fully saturated rings. The molecule has 8 nitrogen and oxygen atoms in total. The number of alkyl halides is 8. The van der Waals surface area contributed by atoms with Crippen LogP contribution in [0.25, 0.3) is 0 Å². The van der Waals surface area contributed by atoms with Crippen molar-refractivity contribution in [3.8, 4) is 0 Å². The lowest BCUT2D eigenvalue weighted by Crippen LogP contribution is -2.59. The number of carbonyl (C=O) groups excluding carboxylic acids is 2. The third-order valence-corrected chi connectivity index (χ3v) is 3.32. The number of carbonyl (C=O) groups is 2. The van der Waals surface area contributed by atoms with Crippen LogP contribution in [0.5, 0.6) is 0 Å². The van der Waals surface area contributed by atoms with Crippen molar-refractivity contribution in [2.24, 2.45) is 0 Å². The predicted molar refractivity (Wildman–Crippen MR) is 67.0 cm³/mol. The van der Waals surface area contributed by atoms with E-state index in [0.29, 0.717) is 0 Å². The minimum atomic E-state index is -6.66. The van der Waals surface area contributed by atoms with Gasteiger partial charge >= 0.3 is 35.3 Å². The normalized spacial score (nSPS) is 15.3. The average molecular weight is 451 g/mol. The van der Waals surface area contributed by atoms with Crippen LogP contribution in [0.4, 0.5) is 35.1 Å². The summed E-state index contributed by atoms with van der Waals surface area (Å²) in [6.07, 6.45) is -12.2. The van der Waals surface area contributed by atoms with Crippen molar-refractivity contribution in [1.82, 2.24) is 0 Å². The lowest BCUT2D eigenvalue weighted by molar-refractivity contribution is -0.359. The van der Waals surface area contributed by atoms with E-state index in [1.807, 2.05) is 0 Å². The topological polar surface area (TPSA) is 119 Å². The van der Waals surface area contributed by atoms with E-state index in [1.165, 1.54) is 0 Å². The van der Waals surface area contributed by atoms with Gasteiger partial charge in [0.05, 0.1) is 6.26 Å². The Bertz CT molecular complexity index is 754. The van der Waals surface area contributed by atoms with E-state index in [4.69, 9.17) is 0 Å². The molecule has 0 radical (unpaired) electrons. The molecular weight excluding hydrogens is 444 g/mol. The summed E-state index contributed by atoms with van der Waals surface area (Å²) in [5.41, 5.74) is -2.63. The van der Waals surface area contributed by atoms with E-state index < -0.39 is 57.6 Å². The van der Waals surface area contributed by atoms with Crippen LogP contribution in [0.3, 0.4) is 0 Å². The van der Waals surface area contributed by atoms with Gasteiger partial charge in [0.25, 0.3) is 0 Å². The highest BCUT2D eigenvalue weighted by molar-refractivity contribution is 7.86. The van der Waals surface area contributed by atoms with Crippen LogP contribution in [0.2, 0.25) is 0 Å². The molecule has 0 bridgehead atoms. The molecule has 0 rings (SSSR count). The standard InChI is InChI=1S/C11H8F8O8S/c1-3-25-7(21)9(11(17,18)19,26-4-8(12,13)28(22,23)24)27-6(20)5(2)10(14,15)16/h3H,1-2,4H2,(H,22,23,24)/p-1. The molecule has 0 aliphatic rings. The van der Waals surface area contributed by atoms with E-state index in [1.54, 1.807) is 0 Å². The first kappa shape index (κ1) is 25.7. The maximum Gasteiger partial charge on any atom is 0.468 e. The zero-order chi connectivity index (χ0) is 22.8. The van der Waals surface area contributed by atoms with Crippen molar-refractivity contribution >= 4 is 22.1 Å². The van der Waals surface area contributed by atoms with Crippen LogP contribution in [-0.2, 0) is 33.9 Å². The molecule has 17 heteroatoms. The summed E-state index contributed by atoms with van der Waals surface area (Å²) < 4.78 is 144. The molecule has 0 saturated carbocycles. The first-order valence-electron chi connectivity index (χ1n) is 6.08. The number of rotatable bonds is 8. The van der Waals surface area contributed by atoms with Crippen molar-refractivity contribution in [3.05, 3.63) is 25.0 Å². The number of hydrogen-bond donors (Lipinski definition) is 0. The van der Waals surface area contributed by atoms with Crippen LogP contribution in [0.15, 0.2) is 25.0 Å². The predicted octanol–water partition coefficient (Wildman–Crippen LogP) is 1.75. The van der Waals surface area contributed by atoms with Crippen LogP contribution in [-0.4, -0.2) is 54.9 Å². The lowest BCUT2D eigenvalue weighted by atomic mass is 10.2. The van der Waals surface area contributed by atoms with E-state index in [2.05, 4.69) is 27.4 Å². The van der Waals surface area contributed by atoms with E-state index in [9.17, 15) is 57.7 Å². The zero-order valence-electron chi connectivity index (χ0n) is 12.9. The molecule has 0 aliphatic carbocycles. The first-order chi connectivity index (χ1) is 12.2. The monoisotopic (exact) mass is 451 g/mol. The fraction of sp³-hybridized carbons (Fsp3) is 0.455. The maximum atomic E-state index is 13.2. The van der Waals surface area contributed by atoms with Gasteiger partial charge in [0.1, 0.15) is 12.2 Å². The molecule has 0 aromatic heterocycles. The van der Waals surface area contributed by atoms with Gasteiger partial charge in [-0.15, -0.1) is 0 Å². The minimum absolute atomic E-state index is 0.0823. The Kier molecular flexibility index (Phi) is 7.35. The molecule has 0 N–H and O–H groups in total. The molecule has 0 spiro atoms. The number of esters is 2. The minimum Gasteiger partial charge on any atom is -0.743 e. The van der Waals surface area contributed by atoms with E-state index in [-0.39, 0.29) is 6.26 Å². The van der Waals surface area contributed by atoms with Gasteiger partial charge in [0.2, 0.25) is 0 Å². The molecule has 162 valence electrons. The summed E-state index contributed by atoms with van der Waals surface area (Å²) in [5, 5.41) is -5.62. The number of hydrogen-bond acceptors (Lipinski definition) is 8. The molecule has 0 heterocycles. The fourth-order valence-electron chi connectivity index (χ4n) is 1.10. The Labute approximate surface area is 150 Å². The van der Waals surface area contributed by atoms with Crippen molar-refractivity contribution in [3.63, 3.8) is 0 Å². The maximum absolute atomic E-state index is 13.2. The molecule has 28 heavy (non-hydrogen) atoms. The molecule has 0 aliphatic heterocycles. The zero-order valence-corrected chi connectivity index (χ0v) is 13.7. The smallest absolute Gasteiger partial charge is 0.468 e. The molecule has 0 amide bonds. The van der Waals surface area contributed by atoms with Crippen molar-refractivity contribution in [2.45, 2.75) is 23.4 Å². The second-order valence-electron chi connectivity index (χ2n) is 4.43. The molecule has 0 aromatic carbocycles. The second-order valence-corrected chi connectivity index (χ2v) is 5.94. The SMILES string of the molecule is C=COC(=O)C(OCC(F)(F)S(=O)(=O)[O-])(OC(=O)C(=C)C(F)(F)F)C(F)(F)F. The Balaban J connectivity index is 6.27. The molecular formula is C11H7F8O8S-. The fourth-order valence-corrected chi connectivity index (χ4v) is 1.31. The van der Waals surface area contributed by atoms with E-state index in [0.717, 1.165) is 0 Å².